The molecule has 170 valence electrons. The van der Waals surface area contributed by atoms with Gasteiger partial charge in [-0.1, -0.05) is 17.7 Å². The Balaban J connectivity index is 2.09. The Morgan fingerprint density at radius 2 is 1.94 bits per heavy atom. The van der Waals surface area contributed by atoms with Gasteiger partial charge in [0.15, 0.2) is 12.1 Å². The number of nitrogens with one attached hydrogen (secondary N) is 1. The van der Waals surface area contributed by atoms with Gasteiger partial charge in [0, 0.05) is 18.8 Å². The van der Waals surface area contributed by atoms with Gasteiger partial charge in [-0.3, -0.25) is 4.79 Å². The molecule has 0 radical (unpaired) electrons. The minimum absolute atomic E-state index is 0.0103. The zero-order valence-electron chi connectivity index (χ0n) is 16.6. The van der Waals surface area contributed by atoms with E-state index in [4.69, 9.17) is 22.1 Å². The van der Waals surface area contributed by atoms with Crippen LogP contribution in [0.5, 0.6) is 5.75 Å². The normalized spacial score (nSPS) is 12.5. The van der Waals surface area contributed by atoms with Crippen LogP contribution < -0.4 is 15.8 Å². The van der Waals surface area contributed by atoms with Gasteiger partial charge in [0.25, 0.3) is 5.91 Å². The smallest absolute Gasteiger partial charge is 0.425 e. The minimum Gasteiger partial charge on any atom is -0.480 e. The first-order valence-electron chi connectivity index (χ1n) is 9.00. The topological polar surface area (TPSA) is 82.2 Å². The lowest BCUT2D eigenvalue weighted by Crippen LogP contribution is -2.32. The molecular formula is C20H16ClF5N4O2. The zero-order valence-corrected chi connectivity index (χ0v) is 17.4. The van der Waals surface area contributed by atoms with Crippen LogP contribution in [0.2, 0.25) is 5.02 Å². The second kappa shape index (κ2) is 8.65. The number of benzene rings is 2. The molecule has 0 aliphatic heterocycles. The Labute approximate surface area is 183 Å². The summed E-state index contributed by atoms with van der Waals surface area (Å²) in [4.78, 5) is 16.7. The molecule has 12 heteroatoms. The van der Waals surface area contributed by atoms with Crippen LogP contribution in [0.1, 0.15) is 17.3 Å². The van der Waals surface area contributed by atoms with Crippen molar-refractivity contribution in [1.82, 2.24) is 9.55 Å². The zero-order chi connectivity index (χ0) is 23.8. The van der Waals surface area contributed by atoms with Gasteiger partial charge in [-0.15, -0.1) is 0 Å². The molecule has 1 amide bonds. The van der Waals surface area contributed by atoms with E-state index in [1.807, 2.05) is 0 Å². The Hall–Kier alpha value is -3.34. The van der Waals surface area contributed by atoms with Gasteiger partial charge < -0.3 is 20.4 Å². The molecule has 0 saturated heterocycles. The lowest BCUT2D eigenvalue weighted by atomic mass is 10.1. The molecule has 6 nitrogen and oxygen atoms in total. The Kier molecular flexibility index (Phi) is 6.31. The predicted octanol–water partition coefficient (Wildman–Crippen LogP) is 5.18. The third kappa shape index (κ3) is 4.77. The van der Waals surface area contributed by atoms with Crippen molar-refractivity contribution >= 4 is 29.1 Å². The van der Waals surface area contributed by atoms with Crippen LogP contribution >= 0.6 is 11.6 Å². The van der Waals surface area contributed by atoms with Crippen molar-refractivity contribution in [3.63, 3.8) is 0 Å². The first kappa shape index (κ1) is 23.3. The molecule has 2 aromatic carbocycles. The maximum Gasteiger partial charge on any atom is 0.425 e. The van der Waals surface area contributed by atoms with Crippen LogP contribution in [0.4, 0.5) is 33.6 Å². The standard InChI is InChI=1S/C20H16ClF5N4O2/c1-9(20(24,25)26)32-16-7-10(15-8-30(2)19(27)28-15)14(23)6-11(16)18(31)29-17-12(21)4-3-5-13(17)22/h3-9H,1-2H3,(H2,27,28)(H,29,31). The first-order chi connectivity index (χ1) is 14.9. The van der Waals surface area contributed by atoms with E-state index in [9.17, 15) is 26.7 Å². The third-order valence-corrected chi connectivity index (χ3v) is 4.78. The van der Waals surface area contributed by atoms with Gasteiger partial charge in [0.1, 0.15) is 17.4 Å². The molecule has 1 atom stereocenters. The second-order valence-electron chi connectivity index (χ2n) is 6.78. The maximum atomic E-state index is 14.8. The lowest BCUT2D eigenvalue weighted by Gasteiger charge is -2.20. The summed E-state index contributed by atoms with van der Waals surface area (Å²) in [6.45, 7) is 0.719. The van der Waals surface area contributed by atoms with E-state index < -0.39 is 46.8 Å². The molecule has 0 aliphatic rings. The summed E-state index contributed by atoms with van der Waals surface area (Å²) in [5.41, 5.74) is 4.37. The van der Waals surface area contributed by atoms with Crippen LogP contribution in [0.3, 0.4) is 0 Å². The van der Waals surface area contributed by atoms with Gasteiger partial charge in [-0.2, -0.15) is 13.2 Å². The number of nitrogen functional groups attached to an aromatic ring is 1. The molecule has 1 unspecified atom stereocenters. The number of alkyl halides is 3. The molecule has 0 bridgehead atoms. The number of rotatable bonds is 5. The van der Waals surface area contributed by atoms with E-state index in [1.54, 1.807) is 0 Å². The van der Waals surface area contributed by atoms with Crippen molar-refractivity contribution in [3.8, 4) is 17.0 Å². The predicted molar refractivity (Wildman–Crippen MR) is 109 cm³/mol. The second-order valence-corrected chi connectivity index (χ2v) is 7.18. The summed E-state index contributed by atoms with van der Waals surface area (Å²) in [6.07, 6.45) is -5.76. The average Bonchev–Trinajstić information content (AvgIpc) is 3.03. The van der Waals surface area contributed by atoms with Gasteiger partial charge in [-0.25, -0.2) is 13.8 Å². The van der Waals surface area contributed by atoms with Gasteiger partial charge in [0.05, 0.1) is 22.0 Å². The summed E-state index contributed by atoms with van der Waals surface area (Å²) in [6, 6.07) is 5.16. The fourth-order valence-corrected chi connectivity index (χ4v) is 2.90. The number of carbonyl (C=O) groups is 1. The van der Waals surface area contributed by atoms with Crippen LogP contribution in [0.25, 0.3) is 11.3 Å². The van der Waals surface area contributed by atoms with E-state index in [2.05, 4.69) is 10.3 Å². The molecule has 3 aromatic rings. The molecular weight excluding hydrogens is 459 g/mol. The number of halogens is 6. The summed E-state index contributed by atoms with van der Waals surface area (Å²) >= 11 is 5.87. The molecule has 3 N–H and O–H groups in total. The number of ether oxygens (including phenoxy) is 1. The Bertz CT molecular complexity index is 1140. The molecule has 1 heterocycles. The number of aryl methyl sites for hydroxylation is 1. The number of aromatic nitrogens is 2. The summed E-state index contributed by atoms with van der Waals surface area (Å²) in [5.74, 6) is -3.58. The highest BCUT2D eigenvalue weighted by Gasteiger charge is 2.39. The van der Waals surface area contributed by atoms with Crippen molar-refractivity contribution in [2.45, 2.75) is 19.2 Å². The maximum absolute atomic E-state index is 14.8. The quantitative estimate of drug-likeness (QED) is 0.499. The van der Waals surface area contributed by atoms with Crippen LogP contribution in [0.15, 0.2) is 36.5 Å². The molecule has 0 spiro atoms. The number of nitrogens with two attached hydrogens (primary N) is 1. The molecule has 0 aliphatic carbocycles. The fraction of sp³-hybridized carbons (Fsp3) is 0.200. The summed E-state index contributed by atoms with van der Waals surface area (Å²) < 4.78 is 74.4. The largest absolute Gasteiger partial charge is 0.480 e. The number of hydrogen-bond acceptors (Lipinski definition) is 4. The highest BCUT2D eigenvalue weighted by atomic mass is 35.5. The number of para-hydroxylation sites is 1. The molecule has 1 aromatic heterocycles. The van der Waals surface area contributed by atoms with Crippen molar-refractivity contribution in [2.75, 3.05) is 11.1 Å². The van der Waals surface area contributed by atoms with Crippen molar-refractivity contribution < 1.29 is 31.5 Å². The van der Waals surface area contributed by atoms with Crippen LogP contribution in [-0.2, 0) is 7.05 Å². The number of carbonyl (C=O) groups excluding carboxylic acids is 1. The minimum atomic E-state index is -4.77. The lowest BCUT2D eigenvalue weighted by molar-refractivity contribution is -0.189. The molecule has 32 heavy (non-hydrogen) atoms. The van der Waals surface area contributed by atoms with Crippen molar-refractivity contribution in [1.29, 1.82) is 0 Å². The SMILES string of the molecule is CC(Oc1cc(-c2cn(C)c(N)n2)c(F)cc1C(=O)Nc1c(F)cccc1Cl)C(F)(F)F. The van der Waals surface area contributed by atoms with E-state index in [0.717, 1.165) is 19.1 Å². The van der Waals surface area contributed by atoms with Gasteiger partial charge in [-0.05, 0) is 31.2 Å². The number of hydrogen-bond donors (Lipinski definition) is 2. The number of nitrogens with zero attached hydrogens (tertiary/aromatic N) is 2. The van der Waals surface area contributed by atoms with Gasteiger partial charge >= 0.3 is 6.18 Å². The average molecular weight is 475 g/mol. The van der Waals surface area contributed by atoms with E-state index >= 15 is 0 Å². The summed E-state index contributed by atoms with van der Waals surface area (Å²) in [5, 5.41) is 1.97. The number of imidazole rings is 1. The molecule has 3 rings (SSSR count). The molecule has 0 fully saturated rings. The van der Waals surface area contributed by atoms with Crippen LogP contribution in [-0.4, -0.2) is 27.7 Å². The number of amides is 1. The first-order valence-corrected chi connectivity index (χ1v) is 9.37. The van der Waals surface area contributed by atoms with E-state index in [1.165, 1.54) is 29.9 Å². The van der Waals surface area contributed by atoms with E-state index in [0.29, 0.717) is 6.07 Å². The van der Waals surface area contributed by atoms with Crippen LogP contribution in [0, 0.1) is 11.6 Å². The summed E-state index contributed by atoms with van der Waals surface area (Å²) in [7, 11) is 1.53. The highest BCUT2D eigenvalue weighted by Crippen LogP contribution is 2.34. The Morgan fingerprint density at radius 1 is 1.25 bits per heavy atom. The fourth-order valence-electron chi connectivity index (χ4n) is 2.69. The Morgan fingerprint density at radius 3 is 2.50 bits per heavy atom. The monoisotopic (exact) mass is 474 g/mol. The van der Waals surface area contributed by atoms with E-state index in [-0.39, 0.29) is 22.2 Å². The van der Waals surface area contributed by atoms with Crippen molar-refractivity contribution in [3.05, 3.63) is 58.7 Å². The molecule has 0 saturated carbocycles. The number of anilines is 2. The van der Waals surface area contributed by atoms with Crippen molar-refractivity contribution in [2.24, 2.45) is 7.05 Å². The highest BCUT2D eigenvalue weighted by molar-refractivity contribution is 6.34. The van der Waals surface area contributed by atoms with Gasteiger partial charge in [0.2, 0.25) is 0 Å². The third-order valence-electron chi connectivity index (χ3n) is 4.47.